The summed E-state index contributed by atoms with van der Waals surface area (Å²) in [4.78, 5) is 27.7. The van der Waals surface area contributed by atoms with Crippen molar-refractivity contribution in [1.82, 2.24) is 4.98 Å². The number of hydrogen-bond donors (Lipinski definition) is 2. The van der Waals surface area contributed by atoms with E-state index >= 15 is 0 Å². The fourth-order valence-electron chi connectivity index (χ4n) is 2.70. The van der Waals surface area contributed by atoms with Crippen LogP contribution in [0.2, 0.25) is 0 Å². The summed E-state index contributed by atoms with van der Waals surface area (Å²) in [5, 5.41) is 3.38. The van der Waals surface area contributed by atoms with Crippen molar-refractivity contribution in [3.05, 3.63) is 70.0 Å². The Morgan fingerprint density at radius 2 is 1.88 bits per heavy atom. The molecule has 1 amide bonds. The molecule has 3 aromatic rings. The molecule has 0 aliphatic heterocycles. The number of carbonyl (C=O) groups is 1. The Morgan fingerprint density at radius 1 is 1.12 bits per heavy atom. The molecule has 0 fully saturated rings. The number of H-pyrrole nitrogens is 1. The summed E-state index contributed by atoms with van der Waals surface area (Å²) < 4.78 is 5.60. The van der Waals surface area contributed by atoms with Gasteiger partial charge < -0.3 is 15.0 Å². The highest BCUT2D eigenvalue weighted by molar-refractivity contribution is 6.05. The summed E-state index contributed by atoms with van der Waals surface area (Å²) in [6.45, 7) is 4.62. The highest BCUT2D eigenvalue weighted by atomic mass is 16.5. The number of aromatic amines is 1. The molecule has 0 radical (unpaired) electrons. The maximum absolute atomic E-state index is 12.4. The summed E-state index contributed by atoms with van der Waals surface area (Å²) in [5.41, 5.74) is 2.61. The first-order chi connectivity index (χ1) is 12.6. The first kappa shape index (κ1) is 17.7. The zero-order chi connectivity index (χ0) is 18.5. The van der Waals surface area contributed by atoms with Crippen LogP contribution in [0, 0.1) is 6.92 Å². The van der Waals surface area contributed by atoms with Crippen molar-refractivity contribution in [2.75, 3.05) is 11.9 Å². The minimum atomic E-state index is -0.229. The molecule has 26 heavy (non-hydrogen) atoms. The predicted molar refractivity (Wildman–Crippen MR) is 104 cm³/mol. The van der Waals surface area contributed by atoms with Gasteiger partial charge in [-0.25, -0.2) is 0 Å². The van der Waals surface area contributed by atoms with Gasteiger partial charge in [0.1, 0.15) is 5.75 Å². The molecule has 0 unspecified atom stereocenters. The molecule has 1 aromatic heterocycles. The molecule has 5 heteroatoms. The minimum Gasteiger partial charge on any atom is -0.494 e. The molecule has 0 atom stereocenters. The van der Waals surface area contributed by atoms with Gasteiger partial charge in [-0.05, 0) is 55.8 Å². The first-order valence-corrected chi connectivity index (χ1v) is 8.74. The van der Waals surface area contributed by atoms with Crippen molar-refractivity contribution < 1.29 is 9.53 Å². The Morgan fingerprint density at radius 3 is 2.62 bits per heavy atom. The first-order valence-electron chi connectivity index (χ1n) is 8.74. The van der Waals surface area contributed by atoms with E-state index in [1.54, 1.807) is 48.5 Å². The Bertz CT molecular complexity index is 975. The lowest BCUT2D eigenvalue weighted by molar-refractivity contribution is 0.102. The van der Waals surface area contributed by atoms with Gasteiger partial charge in [-0.1, -0.05) is 13.3 Å². The lowest BCUT2D eigenvalue weighted by Crippen LogP contribution is -2.12. The maximum atomic E-state index is 12.4. The van der Waals surface area contributed by atoms with Crippen LogP contribution in [-0.4, -0.2) is 17.5 Å². The van der Waals surface area contributed by atoms with E-state index in [0.717, 1.165) is 29.8 Å². The smallest absolute Gasteiger partial charge is 0.255 e. The normalized spacial score (nSPS) is 10.7. The summed E-state index contributed by atoms with van der Waals surface area (Å²) in [7, 11) is 0. The van der Waals surface area contributed by atoms with E-state index < -0.39 is 0 Å². The Hall–Kier alpha value is -3.08. The number of hydrogen-bond acceptors (Lipinski definition) is 3. The third-order valence-electron chi connectivity index (χ3n) is 4.11. The van der Waals surface area contributed by atoms with Crippen LogP contribution in [0.5, 0.6) is 5.75 Å². The molecule has 134 valence electrons. The number of aryl methyl sites for hydroxylation is 1. The summed E-state index contributed by atoms with van der Waals surface area (Å²) in [6.07, 6.45) is 2.08. The standard InChI is InChI=1S/C21H22N2O3/c1-3-4-11-26-17-8-5-15(6-9-17)21(25)23-16-7-10-19-18(13-16)20(24)12-14(2)22-19/h5-10,12-13H,3-4,11H2,1-2H3,(H,22,24)(H,23,25). The second-order valence-corrected chi connectivity index (χ2v) is 6.26. The van der Waals surface area contributed by atoms with E-state index in [-0.39, 0.29) is 11.3 Å². The topological polar surface area (TPSA) is 71.2 Å². The summed E-state index contributed by atoms with van der Waals surface area (Å²) in [5.74, 6) is 0.524. The van der Waals surface area contributed by atoms with Crippen LogP contribution in [0.15, 0.2) is 53.3 Å². The minimum absolute atomic E-state index is 0.0686. The largest absolute Gasteiger partial charge is 0.494 e. The third-order valence-corrected chi connectivity index (χ3v) is 4.11. The number of ether oxygens (including phenoxy) is 1. The quantitative estimate of drug-likeness (QED) is 0.652. The molecule has 0 aliphatic rings. The number of amides is 1. The van der Waals surface area contributed by atoms with E-state index in [4.69, 9.17) is 4.74 Å². The van der Waals surface area contributed by atoms with Crippen molar-refractivity contribution in [3.63, 3.8) is 0 Å². The zero-order valence-electron chi connectivity index (χ0n) is 15.0. The number of carbonyl (C=O) groups excluding carboxylic acids is 1. The number of aromatic nitrogens is 1. The molecule has 0 spiro atoms. The van der Waals surface area contributed by atoms with Gasteiger partial charge in [-0.15, -0.1) is 0 Å². The molecule has 0 saturated carbocycles. The molecule has 0 aliphatic carbocycles. The van der Waals surface area contributed by atoms with E-state index in [2.05, 4.69) is 17.2 Å². The number of unbranched alkanes of at least 4 members (excludes halogenated alkanes) is 1. The van der Waals surface area contributed by atoms with E-state index in [0.29, 0.717) is 23.2 Å². The number of nitrogens with one attached hydrogen (secondary N) is 2. The molecule has 2 N–H and O–H groups in total. The second kappa shape index (κ2) is 7.87. The van der Waals surface area contributed by atoms with Gasteiger partial charge in [-0.2, -0.15) is 0 Å². The third kappa shape index (κ3) is 4.11. The van der Waals surface area contributed by atoms with Crippen LogP contribution >= 0.6 is 0 Å². The Kier molecular flexibility index (Phi) is 5.37. The maximum Gasteiger partial charge on any atom is 0.255 e. The van der Waals surface area contributed by atoms with Crippen molar-refractivity contribution in [3.8, 4) is 5.75 Å². The predicted octanol–water partition coefficient (Wildman–Crippen LogP) is 4.27. The fraction of sp³-hybridized carbons (Fsp3) is 0.238. The van der Waals surface area contributed by atoms with Gasteiger partial charge in [0.15, 0.2) is 5.43 Å². The number of benzene rings is 2. The Balaban J connectivity index is 1.73. The molecule has 1 heterocycles. The van der Waals surface area contributed by atoms with Crippen molar-refractivity contribution in [2.24, 2.45) is 0 Å². The van der Waals surface area contributed by atoms with Crippen molar-refractivity contribution in [1.29, 1.82) is 0 Å². The molecule has 3 rings (SSSR count). The van der Waals surface area contributed by atoms with Crippen molar-refractivity contribution in [2.45, 2.75) is 26.7 Å². The van der Waals surface area contributed by atoms with Gasteiger partial charge in [0, 0.05) is 33.9 Å². The number of rotatable bonds is 6. The van der Waals surface area contributed by atoms with Crippen LogP contribution < -0.4 is 15.5 Å². The van der Waals surface area contributed by atoms with E-state index in [9.17, 15) is 9.59 Å². The fourth-order valence-corrected chi connectivity index (χ4v) is 2.70. The monoisotopic (exact) mass is 350 g/mol. The Labute approximate surface area is 152 Å². The lowest BCUT2D eigenvalue weighted by atomic mass is 10.1. The average molecular weight is 350 g/mol. The average Bonchev–Trinajstić information content (AvgIpc) is 2.63. The zero-order valence-corrected chi connectivity index (χ0v) is 15.0. The van der Waals surface area contributed by atoms with Crippen LogP contribution in [0.1, 0.15) is 35.8 Å². The molecule has 0 bridgehead atoms. The summed E-state index contributed by atoms with van der Waals surface area (Å²) >= 11 is 0. The molecular weight excluding hydrogens is 328 g/mol. The van der Waals surface area contributed by atoms with Crippen LogP contribution in [-0.2, 0) is 0 Å². The van der Waals surface area contributed by atoms with Crippen molar-refractivity contribution >= 4 is 22.5 Å². The number of pyridine rings is 1. The molecule has 0 saturated heterocycles. The lowest BCUT2D eigenvalue weighted by Gasteiger charge is -2.08. The molecular formula is C21H22N2O3. The van der Waals surface area contributed by atoms with Gasteiger partial charge >= 0.3 is 0 Å². The van der Waals surface area contributed by atoms with Gasteiger partial charge in [0.25, 0.3) is 5.91 Å². The van der Waals surface area contributed by atoms with E-state index in [1.807, 2.05) is 6.92 Å². The molecule has 2 aromatic carbocycles. The van der Waals surface area contributed by atoms with Gasteiger partial charge in [0.2, 0.25) is 0 Å². The van der Waals surface area contributed by atoms with Crippen LogP contribution in [0.25, 0.3) is 10.9 Å². The second-order valence-electron chi connectivity index (χ2n) is 6.26. The van der Waals surface area contributed by atoms with Gasteiger partial charge in [-0.3, -0.25) is 9.59 Å². The van der Waals surface area contributed by atoms with Crippen LogP contribution in [0.4, 0.5) is 5.69 Å². The number of fused-ring (bicyclic) bond motifs is 1. The highest BCUT2D eigenvalue weighted by Crippen LogP contribution is 2.18. The number of anilines is 1. The highest BCUT2D eigenvalue weighted by Gasteiger charge is 2.08. The molecule has 5 nitrogen and oxygen atoms in total. The summed E-state index contributed by atoms with van der Waals surface area (Å²) in [6, 6.07) is 13.8. The van der Waals surface area contributed by atoms with Gasteiger partial charge in [0.05, 0.1) is 6.61 Å². The van der Waals surface area contributed by atoms with Crippen LogP contribution in [0.3, 0.4) is 0 Å². The SMILES string of the molecule is CCCCOc1ccc(C(=O)Nc2ccc3[nH]c(C)cc(=O)c3c2)cc1. The van der Waals surface area contributed by atoms with E-state index in [1.165, 1.54) is 0 Å².